The highest BCUT2D eigenvalue weighted by Gasteiger charge is 2.40. The lowest BCUT2D eigenvalue weighted by Crippen LogP contribution is -2.48. The number of benzene rings is 2. The summed E-state index contributed by atoms with van der Waals surface area (Å²) >= 11 is 0. The zero-order valence-corrected chi connectivity index (χ0v) is 19.7. The first-order valence-corrected chi connectivity index (χ1v) is 11.3. The van der Waals surface area contributed by atoms with Gasteiger partial charge in [-0.15, -0.1) is 0 Å². The molecule has 1 heterocycles. The molecule has 0 bridgehead atoms. The quantitative estimate of drug-likeness (QED) is 0.629. The molecule has 1 N–H and O–H groups in total. The molecule has 8 heteroatoms. The molecule has 2 aromatic carbocycles. The lowest BCUT2D eigenvalue weighted by Gasteiger charge is -2.36. The van der Waals surface area contributed by atoms with E-state index in [1.54, 1.807) is 11.0 Å². The molecule has 1 aliphatic heterocycles. The van der Waals surface area contributed by atoms with Crippen LogP contribution in [0, 0.1) is 5.82 Å². The van der Waals surface area contributed by atoms with Crippen molar-refractivity contribution in [1.29, 1.82) is 0 Å². The molecule has 0 spiro atoms. The summed E-state index contributed by atoms with van der Waals surface area (Å²) in [6, 6.07) is 14.4. The van der Waals surface area contributed by atoms with Gasteiger partial charge in [-0.3, -0.25) is 9.59 Å². The van der Waals surface area contributed by atoms with E-state index < -0.39 is 42.0 Å². The molecule has 1 fully saturated rings. The molecule has 3 rings (SSSR count). The predicted molar refractivity (Wildman–Crippen MR) is 124 cm³/mol. The van der Waals surface area contributed by atoms with Crippen molar-refractivity contribution < 1.29 is 28.6 Å². The van der Waals surface area contributed by atoms with Crippen LogP contribution in [0.3, 0.4) is 0 Å². The van der Waals surface area contributed by atoms with Crippen LogP contribution in [0.15, 0.2) is 54.6 Å². The standard InChI is InChI=1S/C26H31FN2O5/c1-26(2,3)29(15-18-9-5-4-6-10-18)24(32)17-34-25(33)22-14-20(30)16-28(22)23(31)13-19-11-7-8-12-21(19)27/h4-12,20,22,30H,13-17H2,1-3H3/t20-,22+/m1/s1. The number of carbonyl (C=O) groups is 3. The van der Waals surface area contributed by atoms with Crippen molar-refractivity contribution in [3.63, 3.8) is 0 Å². The molecule has 7 nitrogen and oxygen atoms in total. The van der Waals surface area contributed by atoms with Crippen LogP contribution in [0.5, 0.6) is 0 Å². The van der Waals surface area contributed by atoms with Gasteiger partial charge in [-0.1, -0.05) is 48.5 Å². The summed E-state index contributed by atoms with van der Waals surface area (Å²) in [5.74, 6) is -2.14. The lowest BCUT2D eigenvalue weighted by atomic mass is 10.0. The highest BCUT2D eigenvalue weighted by molar-refractivity contribution is 5.88. The Bertz CT molecular complexity index is 1020. The molecule has 2 amide bonds. The van der Waals surface area contributed by atoms with Crippen LogP contribution in [0.2, 0.25) is 0 Å². The Morgan fingerprint density at radius 3 is 2.38 bits per heavy atom. The first kappa shape index (κ1) is 25.4. The Hall–Kier alpha value is -3.26. The van der Waals surface area contributed by atoms with Crippen molar-refractivity contribution >= 4 is 17.8 Å². The summed E-state index contributed by atoms with van der Waals surface area (Å²) in [4.78, 5) is 41.3. The van der Waals surface area contributed by atoms with Crippen LogP contribution in [0.25, 0.3) is 0 Å². The zero-order valence-electron chi connectivity index (χ0n) is 19.7. The van der Waals surface area contributed by atoms with Gasteiger partial charge in [0.15, 0.2) is 6.61 Å². The third-order valence-corrected chi connectivity index (χ3v) is 5.80. The second kappa shape index (κ2) is 10.8. The number of β-amino-alcohol motifs (C(OH)–C–C–N with tert-alkyl or cyclic N) is 1. The van der Waals surface area contributed by atoms with Gasteiger partial charge in [-0.2, -0.15) is 0 Å². The Labute approximate surface area is 199 Å². The molecule has 1 saturated heterocycles. The fourth-order valence-corrected chi connectivity index (χ4v) is 3.99. The van der Waals surface area contributed by atoms with Crippen molar-refractivity contribution in [2.75, 3.05) is 13.2 Å². The topological polar surface area (TPSA) is 87.2 Å². The molecule has 182 valence electrons. The first-order chi connectivity index (χ1) is 16.1. The van der Waals surface area contributed by atoms with Gasteiger partial charge in [0.25, 0.3) is 5.91 Å². The van der Waals surface area contributed by atoms with Gasteiger partial charge in [0.2, 0.25) is 5.91 Å². The van der Waals surface area contributed by atoms with E-state index >= 15 is 0 Å². The number of amides is 2. The molecule has 0 aliphatic carbocycles. The molecular weight excluding hydrogens is 439 g/mol. The van der Waals surface area contributed by atoms with Gasteiger partial charge >= 0.3 is 5.97 Å². The number of carbonyl (C=O) groups excluding carboxylic acids is 3. The lowest BCUT2D eigenvalue weighted by molar-refractivity contribution is -0.159. The highest BCUT2D eigenvalue weighted by atomic mass is 19.1. The van der Waals surface area contributed by atoms with Crippen LogP contribution in [0.4, 0.5) is 4.39 Å². The van der Waals surface area contributed by atoms with Crippen molar-refractivity contribution in [3.8, 4) is 0 Å². The summed E-state index contributed by atoms with van der Waals surface area (Å²) < 4.78 is 19.2. The van der Waals surface area contributed by atoms with E-state index in [9.17, 15) is 23.9 Å². The SMILES string of the molecule is CC(C)(C)N(Cc1ccccc1)C(=O)COC(=O)[C@@H]1C[C@@H](O)CN1C(=O)Cc1ccccc1F. The van der Waals surface area contributed by atoms with Crippen molar-refractivity contribution in [1.82, 2.24) is 9.80 Å². The summed E-state index contributed by atoms with van der Waals surface area (Å²) in [7, 11) is 0. The van der Waals surface area contributed by atoms with Crippen LogP contribution in [-0.2, 0) is 32.1 Å². The predicted octanol–water partition coefficient (Wildman–Crippen LogP) is 2.70. The van der Waals surface area contributed by atoms with Gasteiger partial charge in [0.05, 0.1) is 12.5 Å². The van der Waals surface area contributed by atoms with Crippen LogP contribution in [-0.4, -0.2) is 63.5 Å². The number of hydrogen-bond acceptors (Lipinski definition) is 5. The summed E-state index contributed by atoms with van der Waals surface area (Å²) in [6.07, 6.45) is -1.14. The second-order valence-electron chi connectivity index (χ2n) is 9.46. The summed E-state index contributed by atoms with van der Waals surface area (Å²) in [5, 5.41) is 10.1. The molecule has 1 aliphatic rings. The van der Waals surface area contributed by atoms with Crippen LogP contribution < -0.4 is 0 Å². The maximum absolute atomic E-state index is 14.0. The number of aliphatic hydroxyl groups excluding tert-OH is 1. The normalized spacial score (nSPS) is 18.0. The highest BCUT2D eigenvalue weighted by Crippen LogP contribution is 2.22. The molecule has 0 radical (unpaired) electrons. The average molecular weight is 471 g/mol. The number of nitrogens with zero attached hydrogens (tertiary/aromatic N) is 2. The van der Waals surface area contributed by atoms with E-state index in [-0.39, 0.29) is 30.9 Å². The number of halogens is 1. The Balaban J connectivity index is 1.64. The van der Waals surface area contributed by atoms with E-state index in [4.69, 9.17) is 4.74 Å². The monoisotopic (exact) mass is 470 g/mol. The Morgan fingerprint density at radius 1 is 1.09 bits per heavy atom. The molecule has 0 unspecified atom stereocenters. The summed E-state index contributed by atoms with van der Waals surface area (Å²) in [5.41, 5.74) is 0.642. The Kier molecular flexibility index (Phi) is 8.04. The minimum Gasteiger partial charge on any atom is -0.454 e. The zero-order chi connectivity index (χ0) is 24.9. The molecule has 0 aromatic heterocycles. The van der Waals surface area contributed by atoms with Gasteiger partial charge in [0.1, 0.15) is 11.9 Å². The largest absolute Gasteiger partial charge is 0.454 e. The van der Waals surface area contributed by atoms with Gasteiger partial charge in [-0.25, -0.2) is 9.18 Å². The molecule has 0 saturated carbocycles. The van der Waals surface area contributed by atoms with Gasteiger partial charge in [0, 0.05) is 25.0 Å². The fourth-order valence-electron chi connectivity index (χ4n) is 3.99. The minimum absolute atomic E-state index is 0.00301. The van der Waals surface area contributed by atoms with E-state index in [0.717, 1.165) is 5.56 Å². The third-order valence-electron chi connectivity index (χ3n) is 5.80. The first-order valence-electron chi connectivity index (χ1n) is 11.3. The van der Waals surface area contributed by atoms with Crippen molar-refractivity contribution in [3.05, 3.63) is 71.5 Å². The van der Waals surface area contributed by atoms with Gasteiger partial charge < -0.3 is 19.6 Å². The molecule has 2 aromatic rings. The summed E-state index contributed by atoms with van der Waals surface area (Å²) in [6.45, 7) is 5.51. The maximum atomic E-state index is 14.0. The van der Waals surface area contributed by atoms with Gasteiger partial charge in [-0.05, 0) is 38.0 Å². The number of esters is 1. The van der Waals surface area contributed by atoms with E-state index in [1.807, 2.05) is 51.1 Å². The molecule has 2 atom stereocenters. The van der Waals surface area contributed by atoms with Crippen LogP contribution in [0.1, 0.15) is 38.3 Å². The minimum atomic E-state index is -1.03. The van der Waals surface area contributed by atoms with Crippen LogP contribution >= 0.6 is 0 Å². The number of hydrogen-bond donors (Lipinski definition) is 1. The maximum Gasteiger partial charge on any atom is 0.329 e. The second-order valence-corrected chi connectivity index (χ2v) is 9.46. The van der Waals surface area contributed by atoms with E-state index in [2.05, 4.69) is 0 Å². The number of ether oxygens (including phenoxy) is 1. The number of rotatable bonds is 7. The Morgan fingerprint density at radius 2 is 1.74 bits per heavy atom. The van der Waals surface area contributed by atoms with Crippen molar-refractivity contribution in [2.24, 2.45) is 0 Å². The van der Waals surface area contributed by atoms with E-state index in [0.29, 0.717) is 6.54 Å². The third kappa shape index (κ3) is 6.41. The van der Waals surface area contributed by atoms with E-state index in [1.165, 1.54) is 23.1 Å². The fraction of sp³-hybridized carbons (Fsp3) is 0.423. The average Bonchev–Trinajstić information content (AvgIpc) is 3.19. The number of likely N-dealkylation sites (tertiary alicyclic amines) is 1. The smallest absolute Gasteiger partial charge is 0.329 e. The molecular formula is C26H31FN2O5. The molecule has 34 heavy (non-hydrogen) atoms. The number of aliphatic hydroxyl groups is 1. The van der Waals surface area contributed by atoms with Crippen molar-refractivity contribution in [2.45, 2.75) is 57.8 Å².